The fourth-order valence-electron chi connectivity index (χ4n) is 3.17. The van der Waals surface area contributed by atoms with Crippen LogP contribution in [0.1, 0.15) is 38.3 Å². The Labute approximate surface area is 138 Å². The molecule has 1 aliphatic carbocycles. The lowest BCUT2D eigenvalue weighted by atomic mass is 10.00. The molecule has 1 amide bonds. The van der Waals surface area contributed by atoms with E-state index < -0.39 is 0 Å². The van der Waals surface area contributed by atoms with Crippen LogP contribution in [0.2, 0.25) is 0 Å². The third-order valence-electron chi connectivity index (χ3n) is 4.70. The van der Waals surface area contributed by atoms with E-state index in [2.05, 4.69) is 60.5 Å². The van der Waals surface area contributed by atoms with Gasteiger partial charge in [0, 0.05) is 6.54 Å². The molecule has 1 aliphatic rings. The van der Waals surface area contributed by atoms with Gasteiger partial charge in [0.15, 0.2) is 0 Å². The lowest BCUT2D eigenvalue weighted by Crippen LogP contribution is -2.39. The summed E-state index contributed by atoms with van der Waals surface area (Å²) in [5.74, 6) is 0.936. The van der Waals surface area contributed by atoms with Gasteiger partial charge in [0.1, 0.15) is 0 Å². The molecule has 0 aromatic heterocycles. The van der Waals surface area contributed by atoms with Crippen molar-refractivity contribution in [1.29, 1.82) is 0 Å². The third-order valence-corrected chi connectivity index (χ3v) is 4.70. The molecule has 1 unspecified atom stereocenters. The van der Waals surface area contributed by atoms with Crippen molar-refractivity contribution in [3.8, 4) is 0 Å². The van der Waals surface area contributed by atoms with Gasteiger partial charge in [0.25, 0.3) is 0 Å². The van der Waals surface area contributed by atoms with Crippen molar-refractivity contribution in [2.24, 2.45) is 5.92 Å². The number of nitrogens with one attached hydrogen (secondary N) is 1. The molecular formula is C20H26N2O. The zero-order chi connectivity index (χ0) is 16.2. The highest BCUT2D eigenvalue weighted by molar-refractivity contribution is 5.87. The number of hydrogen-bond donors (Lipinski definition) is 1. The van der Waals surface area contributed by atoms with Crippen LogP contribution in [0, 0.1) is 5.92 Å². The van der Waals surface area contributed by atoms with Crippen LogP contribution < -0.4 is 5.32 Å². The standard InChI is InChI=1S/C20H26N2O/c1-3-22(13-16-11-12-16)14-20(23)21-15(2)18-10-6-8-17-7-4-5-9-19(17)18/h4-10,15-16H,3,11-14H2,1-2H3,(H,21,23). The molecule has 2 aromatic rings. The van der Waals surface area contributed by atoms with Gasteiger partial charge in [-0.2, -0.15) is 0 Å². The molecule has 3 heteroatoms. The topological polar surface area (TPSA) is 32.3 Å². The van der Waals surface area contributed by atoms with Gasteiger partial charge in [0.2, 0.25) is 5.91 Å². The van der Waals surface area contributed by atoms with E-state index in [0.717, 1.165) is 19.0 Å². The molecule has 2 aromatic carbocycles. The Morgan fingerprint density at radius 1 is 1.22 bits per heavy atom. The van der Waals surface area contributed by atoms with Crippen LogP contribution in [0.3, 0.4) is 0 Å². The zero-order valence-corrected chi connectivity index (χ0v) is 14.1. The van der Waals surface area contributed by atoms with Crippen LogP contribution in [0.4, 0.5) is 0 Å². The van der Waals surface area contributed by atoms with Crippen LogP contribution in [0.15, 0.2) is 42.5 Å². The number of carbonyl (C=O) groups excluding carboxylic acids is 1. The first-order valence-corrected chi connectivity index (χ1v) is 8.66. The molecule has 23 heavy (non-hydrogen) atoms. The predicted octanol–water partition coefficient (Wildman–Crippen LogP) is 3.75. The van der Waals surface area contributed by atoms with E-state index in [1.54, 1.807) is 0 Å². The van der Waals surface area contributed by atoms with Crippen molar-refractivity contribution < 1.29 is 4.79 Å². The summed E-state index contributed by atoms with van der Waals surface area (Å²) in [6.45, 7) is 6.70. The largest absolute Gasteiger partial charge is 0.348 e. The maximum Gasteiger partial charge on any atom is 0.234 e. The molecule has 0 spiro atoms. The zero-order valence-electron chi connectivity index (χ0n) is 14.1. The average molecular weight is 310 g/mol. The Kier molecular flexibility index (Phi) is 4.97. The van der Waals surface area contributed by atoms with E-state index in [1.807, 2.05) is 6.07 Å². The molecule has 0 bridgehead atoms. The maximum absolute atomic E-state index is 12.4. The van der Waals surface area contributed by atoms with Crippen LogP contribution >= 0.6 is 0 Å². The summed E-state index contributed by atoms with van der Waals surface area (Å²) < 4.78 is 0. The fraction of sp³-hybridized carbons (Fsp3) is 0.450. The summed E-state index contributed by atoms with van der Waals surface area (Å²) in [4.78, 5) is 14.6. The maximum atomic E-state index is 12.4. The monoisotopic (exact) mass is 310 g/mol. The normalized spacial score (nSPS) is 15.8. The number of fused-ring (bicyclic) bond motifs is 1. The summed E-state index contributed by atoms with van der Waals surface area (Å²) in [6, 6.07) is 14.6. The number of benzene rings is 2. The van der Waals surface area contributed by atoms with Crippen molar-refractivity contribution in [3.05, 3.63) is 48.0 Å². The van der Waals surface area contributed by atoms with Gasteiger partial charge in [-0.3, -0.25) is 9.69 Å². The molecule has 0 aliphatic heterocycles. The minimum absolute atomic E-state index is 0.0215. The smallest absolute Gasteiger partial charge is 0.234 e. The second-order valence-corrected chi connectivity index (χ2v) is 6.63. The van der Waals surface area contributed by atoms with Crippen LogP contribution in [0.5, 0.6) is 0 Å². The molecular weight excluding hydrogens is 284 g/mol. The second-order valence-electron chi connectivity index (χ2n) is 6.63. The summed E-state index contributed by atoms with van der Waals surface area (Å²) in [7, 11) is 0. The van der Waals surface area contributed by atoms with Gasteiger partial charge < -0.3 is 5.32 Å². The Bertz CT molecular complexity index is 673. The highest BCUT2D eigenvalue weighted by atomic mass is 16.2. The third kappa shape index (κ3) is 4.11. The van der Waals surface area contributed by atoms with Gasteiger partial charge in [0.05, 0.1) is 12.6 Å². The first-order valence-electron chi connectivity index (χ1n) is 8.66. The van der Waals surface area contributed by atoms with Gasteiger partial charge >= 0.3 is 0 Å². The first-order chi connectivity index (χ1) is 11.2. The molecule has 1 fully saturated rings. The highest BCUT2D eigenvalue weighted by Gasteiger charge is 2.24. The van der Waals surface area contributed by atoms with E-state index >= 15 is 0 Å². The fourth-order valence-corrected chi connectivity index (χ4v) is 3.17. The summed E-state index contributed by atoms with van der Waals surface area (Å²) >= 11 is 0. The SMILES string of the molecule is CCN(CC(=O)NC(C)c1cccc2ccccc12)CC1CC1. The minimum atomic E-state index is 0.0215. The van der Waals surface area contributed by atoms with Crippen LogP contribution in [0.25, 0.3) is 10.8 Å². The lowest BCUT2D eigenvalue weighted by molar-refractivity contribution is -0.122. The Morgan fingerprint density at radius 3 is 2.70 bits per heavy atom. The van der Waals surface area contributed by atoms with Crippen molar-refractivity contribution in [2.75, 3.05) is 19.6 Å². The van der Waals surface area contributed by atoms with Gasteiger partial charge in [-0.25, -0.2) is 0 Å². The van der Waals surface area contributed by atoms with E-state index in [0.29, 0.717) is 6.54 Å². The molecule has 1 N–H and O–H groups in total. The van der Waals surface area contributed by atoms with Crippen molar-refractivity contribution >= 4 is 16.7 Å². The van der Waals surface area contributed by atoms with Gasteiger partial charge in [-0.15, -0.1) is 0 Å². The van der Waals surface area contributed by atoms with Gasteiger partial charge in [-0.1, -0.05) is 49.4 Å². The minimum Gasteiger partial charge on any atom is -0.348 e. The van der Waals surface area contributed by atoms with Crippen molar-refractivity contribution in [2.45, 2.75) is 32.7 Å². The second kappa shape index (κ2) is 7.14. The lowest BCUT2D eigenvalue weighted by Gasteiger charge is -2.22. The first kappa shape index (κ1) is 16.0. The molecule has 1 saturated carbocycles. The number of hydrogen-bond acceptors (Lipinski definition) is 2. The van der Waals surface area contributed by atoms with E-state index in [4.69, 9.17) is 0 Å². The number of nitrogens with zero attached hydrogens (tertiary/aromatic N) is 1. The Balaban J connectivity index is 1.65. The molecule has 0 radical (unpaired) electrons. The molecule has 0 heterocycles. The van der Waals surface area contributed by atoms with E-state index in [1.165, 1.54) is 29.2 Å². The summed E-state index contributed by atoms with van der Waals surface area (Å²) in [5, 5.41) is 5.60. The summed E-state index contributed by atoms with van der Waals surface area (Å²) in [6.07, 6.45) is 2.65. The average Bonchev–Trinajstić information content (AvgIpc) is 3.37. The number of carbonyl (C=O) groups is 1. The highest BCUT2D eigenvalue weighted by Crippen LogP contribution is 2.29. The molecule has 0 saturated heterocycles. The van der Waals surface area contributed by atoms with Gasteiger partial charge in [-0.05, 0) is 48.6 Å². The summed E-state index contributed by atoms with van der Waals surface area (Å²) in [5.41, 5.74) is 1.18. The Hall–Kier alpha value is -1.87. The number of rotatable bonds is 7. The number of likely N-dealkylation sites (N-methyl/N-ethyl adjacent to an activating group) is 1. The molecule has 3 nitrogen and oxygen atoms in total. The predicted molar refractivity (Wildman–Crippen MR) is 95.3 cm³/mol. The Morgan fingerprint density at radius 2 is 1.96 bits per heavy atom. The van der Waals surface area contributed by atoms with Crippen LogP contribution in [-0.4, -0.2) is 30.4 Å². The van der Waals surface area contributed by atoms with Crippen LogP contribution in [-0.2, 0) is 4.79 Å². The molecule has 122 valence electrons. The van der Waals surface area contributed by atoms with Crippen molar-refractivity contribution in [1.82, 2.24) is 10.2 Å². The molecule has 1 atom stereocenters. The number of amides is 1. The van der Waals surface area contributed by atoms with E-state index in [-0.39, 0.29) is 11.9 Å². The van der Waals surface area contributed by atoms with E-state index in [9.17, 15) is 4.79 Å². The van der Waals surface area contributed by atoms with Crippen molar-refractivity contribution in [3.63, 3.8) is 0 Å². The molecule has 3 rings (SSSR count). The quantitative estimate of drug-likeness (QED) is 0.845.